The average molecular weight is 298 g/mol. The van der Waals surface area contributed by atoms with Crippen LogP contribution >= 0.6 is 11.6 Å². The topological polar surface area (TPSA) is 53.6 Å². The van der Waals surface area contributed by atoms with Gasteiger partial charge in [-0.1, -0.05) is 11.6 Å². The van der Waals surface area contributed by atoms with Crippen molar-refractivity contribution in [2.24, 2.45) is 0 Å². The van der Waals surface area contributed by atoms with Crippen molar-refractivity contribution in [2.45, 2.75) is 12.5 Å². The summed E-state index contributed by atoms with van der Waals surface area (Å²) in [5.41, 5.74) is 1.63. The first kappa shape index (κ1) is 15.1. The third-order valence-corrected chi connectivity index (χ3v) is 3.45. The van der Waals surface area contributed by atoms with E-state index < -0.39 is 0 Å². The highest BCUT2D eigenvalue weighted by Gasteiger charge is 2.17. The molecular weight excluding hydrogens is 278 g/mol. The van der Waals surface area contributed by atoms with Crippen molar-refractivity contribution < 1.29 is 9.53 Å². The van der Waals surface area contributed by atoms with E-state index >= 15 is 0 Å². The molecule has 1 aromatic rings. The summed E-state index contributed by atoms with van der Waals surface area (Å²) in [7, 11) is 3.85. The Balaban J connectivity index is 1.92. The number of nitrogens with one attached hydrogen (secondary N) is 2. The van der Waals surface area contributed by atoms with Crippen LogP contribution in [0.15, 0.2) is 18.2 Å². The molecule has 6 heteroatoms. The van der Waals surface area contributed by atoms with E-state index in [-0.39, 0.29) is 11.9 Å². The summed E-state index contributed by atoms with van der Waals surface area (Å²) >= 11 is 6.17. The number of hydrogen-bond donors (Lipinski definition) is 2. The molecular formula is C14H20ClN3O2. The highest BCUT2D eigenvalue weighted by molar-refractivity contribution is 6.33. The summed E-state index contributed by atoms with van der Waals surface area (Å²) in [5.74, 6) is -0.0401. The lowest BCUT2D eigenvalue weighted by molar-refractivity contribution is -0.117. The van der Waals surface area contributed by atoms with Gasteiger partial charge in [0, 0.05) is 38.8 Å². The van der Waals surface area contributed by atoms with Crippen LogP contribution < -0.4 is 15.5 Å². The molecule has 0 aromatic heterocycles. The smallest absolute Gasteiger partial charge is 0.226 e. The summed E-state index contributed by atoms with van der Waals surface area (Å²) in [5, 5.41) is 6.73. The second-order valence-corrected chi connectivity index (χ2v) is 5.45. The largest absolute Gasteiger partial charge is 0.378 e. The first-order valence-electron chi connectivity index (χ1n) is 6.64. The van der Waals surface area contributed by atoms with Crippen LogP contribution in [0.5, 0.6) is 0 Å². The number of hydrogen-bond acceptors (Lipinski definition) is 4. The summed E-state index contributed by atoms with van der Waals surface area (Å²) in [6, 6.07) is 5.59. The molecule has 20 heavy (non-hydrogen) atoms. The Bertz CT molecular complexity index is 473. The van der Waals surface area contributed by atoms with Crippen LogP contribution in [0, 0.1) is 0 Å². The summed E-state index contributed by atoms with van der Waals surface area (Å²) in [6.07, 6.45) is 0.396. The van der Waals surface area contributed by atoms with Crippen molar-refractivity contribution in [2.75, 3.05) is 44.1 Å². The van der Waals surface area contributed by atoms with Gasteiger partial charge < -0.3 is 20.3 Å². The molecule has 1 amide bonds. The van der Waals surface area contributed by atoms with E-state index in [1.54, 1.807) is 6.07 Å². The van der Waals surface area contributed by atoms with Gasteiger partial charge in [0.15, 0.2) is 0 Å². The van der Waals surface area contributed by atoms with E-state index in [9.17, 15) is 4.79 Å². The minimum atomic E-state index is -0.0401. The monoisotopic (exact) mass is 297 g/mol. The van der Waals surface area contributed by atoms with Gasteiger partial charge in [0.1, 0.15) is 0 Å². The predicted octanol–water partition coefficient (Wildman–Crippen LogP) is 1.72. The van der Waals surface area contributed by atoms with Gasteiger partial charge in [0.2, 0.25) is 5.91 Å². The standard InChI is InChI=1S/C14H20ClN3O2/c1-18(2)13-4-3-10(7-12(13)15)17-14(19)8-11-9-20-6-5-16-11/h3-4,7,11,16H,5-6,8-9H2,1-2H3,(H,17,19). The number of morpholine rings is 1. The van der Waals surface area contributed by atoms with E-state index in [4.69, 9.17) is 16.3 Å². The van der Waals surface area contributed by atoms with E-state index in [2.05, 4.69) is 10.6 Å². The molecule has 0 spiro atoms. The Labute approximate surface area is 124 Å². The number of benzene rings is 1. The highest BCUT2D eigenvalue weighted by atomic mass is 35.5. The van der Waals surface area contributed by atoms with Crippen LogP contribution in [-0.2, 0) is 9.53 Å². The lowest BCUT2D eigenvalue weighted by Gasteiger charge is -2.23. The highest BCUT2D eigenvalue weighted by Crippen LogP contribution is 2.27. The lowest BCUT2D eigenvalue weighted by atomic mass is 10.2. The number of ether oxygens (including phenoxy) is 1. The number of rotatable bonds is 4. The van der Waals surface area contributed by atoms with E-state index in [1.807, 2.05) is 31.1 Å². The van der Waals surface area contributed by atoms with Gasteiger partial charge >= 0.3 is 0 Å². The number of carbonyl (C=O) groups is 1. The molecule has 1 aromatic carbocycles. The fourth-order valence-electron chi connectivity index (χ4n) is 2.13. The maximum absolute atomic E-state index is 12.0. The van der Waals surface area contributed by atoms with Gasteiger partial charge in [-0.2, -0.15) is 0 Å². The molecule has 2 N–H and O–H groups in total. The maximum atomic E-state index is 12.0. The van der Waals surface area contributed by atoms with E-state index in [1.165, 1.54) is 0 Å². The molecule has 1 fully saturated rings. The molecule has 5 nitrogen and oxygen atoms in total. The lowest BCUT2D eigenvalue weighted by Crippen LogP contribution is -2.43. The first-order valence-corrected chi connectivity index (χ1v) is 7.02. The predicted molar refractivity (Wildman–Crippen MR) is 81.6 cm³/mol. The number of carbonyl (C=O) groups excluding carboxylic acids is 1. The zero-order valence-corrected chi connectivity index (χ0v) is 12.5. The van der Waals surface area contributed by atoms with Crippen molar-refractivity contribution in [1.29, 1.82) is 0 Å². The Kier molecular flexibility index (Phi) is 5.23. The molecule has 1 saturated heterocycles. The van der Waals surface area contributed by atoms with Crippen LogP contribution in [-0.4, -0.2) is 45.8 Å². The second-order valence-electron chi connectivity index (χ2n) is 5.04. The van der Waals surface area contributed by atoms with Crippen molar-refractivity contribution in [3.63, 3.8) is 0 Å². The zero-order valence-electron chi connectivity index (χ0n) is 11.8. The molecule has 1 aliphatic rings. The van der Waals surface area contributed by atoms with Crippen molar-refractivity contribution in [3.8, 4) is 0 Å². The number of anilines is 2. The van der Waals surface area contributed by atoms with Crippen molar-refractivity contribution in [3.05, 3.63) is 23.2 Å². The SMILES string of the molecule is CN(C)c1ccc(NC(=O)CC2COCCN2)cc1Cl. The quantitative estimate of drug-likeness (QED) is 0.888. The third kappa shape index (κ3) is 4.10. The molecule has 1 atom stereocenters. The number of amides is 1. The van der Waals surface area contributed by atoms with Crippen molar-refractivity contribution in [1.82, 2.24) is 5.32 Å². The van der Waals surface area contributed by atoms with E-state index in [0.717, 1.165) is 12.2 Å². The minimum absolute atomic E-state index is 0.0401. The maximum Gasteiger partial charge on any atom is 0.226 e. The van der Waals surface area contributed by atoms with Gasteiger partial charge in [0.05, 0.1) is 23.9 Å². The van der Waals surface area contributed by atoms with Gasteiger partial charge in [-0.3, -0.25) is 4.79 Å². The Hall–Kier alpha value is -1.30. The normalized spacial score (nSPS) is 18.6. The second kappa shape index (κ2) is 6.92. The number of halogens is 1. The first-order chi connectivity index (χ1) is 9.56. The van der Waals surface area contributed by atoms with Crippen LogP contribution in [0.4, 0.5) is 11.4 Å². The summed E-state index contributed by atoms with van der Waals surface area (Å²) in [6.45, 7) is 2.08. The minimum Gasteiger partial charge on any atom is -0.378 e. The average Bonchev–Trinajstić information content (AvgIpc) is 2.39. The molecule has 2 rings (SSSR count). The van der Waals surface area contributed by atoms with Crippen LogP contribution in [0.3, 0.4) is 0 Å². The summed E-state index contributed by atoms with van der Waals surface area (Å²) in [4.78, 5) is 13.9. The van der Waals surface area contributed by atoms with Gasteiger partial charge in [-0.25, -0.2) is 0 Å². The van der Waals surface area contributed by atoms with Crippen LogP contribution in [0.1, 0.15) is 6.42 Å². The zero-order chi connectivity index (χ0) is 14.5. The molecule has 0 radical (unpaired) electrons. The molecule has 1 unspecified atom stereocenters. The van der Waals surface area contributed by atoms with Gasteiger partial charge in [-0.15, -0.1) is 0 Å². The Morgan fingerprint density at radius 2 is 2.35 bits per heavy atom. The number of nitrogens with zero attached hydrogens (tertiary/aromatic N) is 1. The fourth-order valence-corrected chi connectivity index (χ4v) is 2.48. The Morgan fingerprint density at radius 3 is 2.95 bits per heavy atom. The Morgan fingerprint density at radius 1 is 1.55 bits per heavy atom. The molecule has 1 aliphatic heterocycles. The van der Waals surface area contributed by atoms with Gasteiger partial charge in [0.25, 0.3) is 0 Å². The summed E-state index contributed by atoms with van der Waals surface area (Å²) < 4.78 is 5.33. The van der Waals surface area contributed by atoms with Crippen molar-refractivity contribution >= 4 is 28.9 Å². The van der Waals surface area contributed by atoms with Gasteiger partial charge in [-0.05, 0) is 18.2 Å². The molecule has 1 heterocycles. The molecule has 0 aliphatic carbocycles. The van der Waals surface area contributed by atoms with E-state index in [0.29, 0.717) is 30.3 Å². The molecule has 0 saturated carbocycles. The fraction of sp³-hybridized carbons (Fsp3) is 0.500. The van der Waals surface area contributed by atoms with Crippen LogP contribution in [0.25, 0.3) is 0 Å². The molecule has 0 bridgehead atoms. The van der Waals surface area contributed by atoms with Crippen LogP contribution in [0.2, 0.25) is 5.02 Å². The molecule has 110 valence electrons. The third-order valence-electron chi connectivity index (χ3n) is 3.14.